The average Bonchev–Trinajstić information content (AvgIpc) is 2.75. The molecule has 0 bridgehead atoms. The molecule has 3 aromatic carbocycles. The van der Waals surface area contributed by atoms with Crippen molar-refractivity contribution in [2.24, 2.45) is 0 Å². The van der Waals surface area contributed by atoms with Crippen LogP contribution < -0.4 is 15.1 Å². The van der Waals surface area contributed by atoms with Gasteiger partial charge in [-0.25, -0.2) is 0 Å². The lowest BCUT2D eigenvalue weighted by Gasteiger charge is -2.26. The summed E-state index contributed by atoms with van der Waals surface area (Å²) in [4.78, 5) is 4.49. The van der Waals surface area contributed by atoms with Gasteiger partial charge in [-0.05, 0) is 73.9 Å². The number of nitrogens with zero attached hydrogens (tertiary/aromatic N) is 2. The monoisotopic (exact) mass is 421 g/mol. The fourth-order valence-electron chi connectivity index (χ4n) is 3.81. The van der Waals surface area contributed by atoms with Crippen molar-refractivity contribution >= 4 is 28.7 Å². The Balaban J connectivity index is 2.04. The van der Waals surface area contributed by atoms with Crippen LogP contribution in [0.4, 0.5) is 17.1 Å². The summed E-state index contributed by atoms with van der Waals surface area (Å²) < 4.78 is 0. The van der Waals surface area contributed by atoms with Crippen molar-refractivity contribution in [3.05, 3.63) is 88.4 Å². The van der Waals surface area contributed by atoms with E-state index in [1.54, 1.807) is 0 Å². The summed E-state index contributed by atoms with van der Waals surface area (Å²) in [5.74, 6) is 0. The molecule has 1 atom stereocenters. The molecule has 0 amide bonds. The zero-order valence-corrected chi connectivity index (χ0v) is 19.4. The number of para-hydroxylation sites is 1. The van der Waals surface area contributed by atoms with E-state index in [1.165, 1.54) is 28.1 Å². The molecule has 0 radical (unpaired) electrons. The van der Waals surface area contributed by atoms with Crippen LogP contribution in [0, 0.1) is 6.92 Å². The molecule has 0 fully saturated rings. The molecule has 0 aliphatic rings. The maximum absolute atomic E-state index is 6.48. The van der Waals surface area contributed by atoms with E-state index < -0.39 is 0 Å². The van der Waals surface area contributed by atoms with Crippen LogP contribution in [0.2, 0.25) is 5.02 Å². The van der Waals surface area contributed by atoms with Gasteiger partial charge in [-0.2, -0.15) is 0 Å². The number of rotatable bonds is 8. The molecule has 0 saturated heterocycles. The second-order valence-corrected chi connectivity index (χ2v) is 8.16. The van der Waals surface area contributed by atoms with Crippen LogP contribution in [-0.2, 0) is 0 Å². The van der Waals surface area contributed by atoms with Crippen molar-refractivity contribution in [1.29, 1.82) is 0 Å². The van der Waals surface area contributed by atoms with Crippen molar-refractivity contribution in [2.45, 2.75) is 26.8 Å². The molecule has 30 heavy (non-hydrogen) atoms. The highest BCUT2D eigenvalue weighted by atomic mass is 35.5. The normalized spacial score (nSPS) is 11.8. The van der Waals surface area contributed by atoms with Gasteiger partial charge in [0.2, 0.25) is 0 Å². The summed E-state index contributed by atoms with van der Waals surface area (Å²) in [5, 5.41) is 4.41. The van der Waals surface area contributed by atoms with Crippen molar-refractivity contribution in [2.75, 3.05) is 42.3 Å². The highest BCUT2D eigenvalue weighted by Gasteiger charge is 2.18. The summed E-state index contributed by atoms with van der Waals surface area (Å²) in [6.07, 6.45) is 0. The van der Waals surface area contributed by atoms with E-state index in [1.807, 2.05) is 24.3 Å². The van der Waals surface area contributed by atoms with E-state index >= 15 is 0 Å². The summed E-state index contributed by atoms with van der Waals surface area (Å²) in [7, 11) is 4.12. The standard InChI is InChI=1S/C26H32ClN3/c1-6-30(7-2)22-16-17-23(19(3)18-22)26(28-25-11-9-8-10-24(25)27)20-12-14-21(15-13-20)29(4)5/h8-18,26,28H,6-7H2,1-5H3. The van der Waals surface area contributed by atoms with Gasteiger partial charge in [0.1, 0.15) is 0 Å². The van der Waals surface area contributed by atoms with Crippen LogP contribution in [0.1, 0.15) is 36.6 Å². The van der Waals surface area contributed by atoms with E-state index in [2.05, 4.69) is 92.4 Å². The van der Waals surface area contributed by atoms with Gasteiger partial charge in [0.15, 0.2) is 0 Å². The van der Waals surface area contributed by atoms with Crippen LogP contribution >= 0.6 is 11.6 Å². The second-order valence-electron chi connectivity index (χ2n) is 7.76. The Labute approximate surface area is 186 Å². The molecular formula is C26H32ClN3. The number of hydrogen-bond acceptors (Lipinski definition) is 3. The molecule has 158 valence electrons. The molecule has 3 nitrogen and oxygen atoms in total. The zero-order valence-electron chi connectivity index (χ0n) is 18.6. The smallest absolute Gasteiger partial charge is 0.0770 e. The number of benzene rings is 3. The Hall–Kier alpha value is -2.65. The summed E-state index contributed by atoms with van der Waals surface area (Å²) in [5.41, 5.74) is 7.11. The average molecular weight is 422 g/mol. The maximum atomic E-state index is 6.48. The summed E-state index contributed by atoms with van der Waals surface area (Å²) >= 11 is 6.48. The lowest BCUT2D eigenvalue weighted by molar-refractivity contribution is 0.861. The third kappa shape index (κ3) is 4.91. The topological polar surface area (TPSA) is 18.5 Å². The number of nitrogens with one attached hydrogen (secondary N) is 1. The minimum Gasteiger partial charge on any atom is -0.378 e. The molecule has 0 aliphatic carbocycles. The predicted molar refractivity (Wildman–Crippen MR) is 132 cm³/mol. The van der Waals surface area contributed by atoms with Crippen LogP contribution in [0.15, 0.2) is 66.7 Å². The molecular weight excluding hydrogens is 390 g/mol. The molecule has 1 N–H and O–H groups in total. The van der Waals surface area contributed by atoms with Gasteiger partial charge in [0.05, 0.1) is 16.8 Å². The molecule has 1 unspecified atom stereocenters. The highest BCUT2D eigenvalue weighted by Crippen LogP contribution is 2.34. The summed E-state index contributed by atoms with van der Waals surface area (Å²) in [6, 6.07) is 23.4. The lowest BCUT2D eigenvalue weighted by Crippen LogP contribution is -2.22. The first kappa shape index (κ1) is 22.0. The molecule has 4 heteroatoms. The maximum Gasteiger partial charge on any atom is 0.0770 e. The molecule has 0 spiro atoms. The molecule has 0 aliphatic heterocycles. The molecule has 0 saturated carbocycles. The van der Waals surface area contributed by atoms with Crippen molar-refractivity contribution in [3.63, 3.8) is 0 Å². The largest absolute Gasteiger partial charge is 0.378 e. The molecule has 3 aromatic rings. The third-order valence-corrected chi connectivity index (χ3v) is 5.94. The Bertz CT molecular complexity index is 962. The van der Waals surface area contributed by atoms with E-state index in [0.29, 0.717) is 0 Å². The van der Waals surface area contributed by atoms with Crippen LogP contribution in [0.5, 0.6) is 0 Å². The molecule has 3 rings (SSSR count). The minimum atomic E-state index is 0.00636. The van der Waals surface area contributed by atoms with Gasteiger partial charge >= 0.3 is 0 Å². The number of hydrogen-bond donors (Lipinski definition) is 1. The fourth-order valence-corrected chi connectivity index (χ4v) is 4.00. The predicted octanol–water partition coefficient (Wildman–Crippen LogP) is 6.76. The van der Waals surface area contributed by atoms with Crippen LogP contribution in [-0.4, -0.2) is 27.2 Å². The Morgan fingerprint density at radius 2 is 1.50 bits per heavy atom. The van der Waals surface area contributed by atoms with Crippen molar-refractivity contribution in [3.8, 4) is 0 Å². The van der Waals surface area contributed by atoms with Gasteiger partial charge in [-0.3, -0.25) is 0 Å². The van der Waals surface area contributed by atoms with Gasteiger partial charge in [0, 0.05) is 38.6 Å². The zero-order chi connectivity index (χ0) is 21.7. The van der Waals surface area contributed by atoms with E-state index in [0.717, 1.165) is 23.8 Å². The number of aryl methyl sites for hydroxylation is 1. The number of anilines is 3. The van der Waals surface area contributed by atoms with Gasteiger partial charge in [-0.15, -0.1) is 0 Å². The Morgan fingerprint density at radius 1 is 0.867 bits per heavy atom. The SMILES string of the molecule is CCN(CC)c1ccc(C(Nc2ccccc2Cl)c2ccc(N(C)C)cc2)c(C)c1. The van der Waals surface area contributed by atoms with Gasteiger partial charge in [0.25, 0.3) is 0 Å². The molecule has 0 heterocycles. The van der Waals surface area contributed by atoms with Crippen LogP contribution in [0.25, 0.3) is 0 Å². The Kier molecular flexibility index (Phi) is 7.28. The lowest BCUT2D eigenvalue weighted by atomic mass is 9.93. The van der Waals surface area contributed by atoms with E-state index in [4.69, 9.17) is 11.6 Å². The van der Waals surface area contributed by atoms with Gasteiger partial charge < -0.3 is 15.1 Å². The first-order chi connectivity index (χ1) is 14.4. The minimum absolute atomic E-state index is 0.00636. The van der Waals surface area contributed by atoms with Crippen molar-refractivity contribution < 1.29 is 0 Å². The number of halogens is 1. The second kappa shape index (κ2) is 9.90. The van der Waals surface area contributed by atoms with Crippen molar-refractivity contribution in [1.82, 2.24) is 0 Å². The first-order valence-corrected chi connectivity index (χ1v) is 11.0. The molecule has 0 aromatic heterocycles. The van der Waals surface area contributed by atoms with Crippen LogP contribution in [0.3, 0.4) is 0 Å². The van der Waals surface area contributed by atoms with Gasteiger partial charge in [-0.1, -0.05) is 41.9 Å². The van der Waals surface area contributed by atoms with E-state index in [9.17, 15) is 0 Å². The third-order valence-electron chi connectivity index (χ3n) is 5.61. The first-order valence-electron chi connectivity index (χ1n) is 10.6. The quantitative estimate of drug-likeness (QED) is 0.433. The van der Waals surface area contributed by atoms with E-state index in [-0.39, 0.29) is 6.04 Å². The fraction of sp³-hybridized carbons (Fsp3) is 0.308. The highest BCUT2D eigenvalue weighted by molar-refractivity contribution is 6.33. The Morgan fingerprint density at radius 3 is 2.07 bits per heavy atom. The summed E-state index contributed by atoms with van der Waals surface area (Å²) in [6.45, 7) is 8.59.